The normalized spacial score (nSPS) is 16.4. The van der Waals surface area contributed by atoms with Crippen LogP contribution in [0.15, 0.2) is 5.10 Å². The van der Waals surface area contributed by atoms with Gasteiger partial charge in [-0.25, -0.2) is 10.1 Å². The zero-order valence-corrected chi connectivity index (χ0v) is 7.71. The van der Waals surface area contributed by atoms with Crippen molar-refractivity contribution in [1.29, 1.82) is 5.26 Å². The van der Waals surface area contributed by atoms with Crippen LogP contribution in [0.2, 0.25) is 0 Å². The highest BCUT2D eigenvalue weighted by molar-refractivity contribution is 8.13. The molecule has 1 rings (SSSR count). The lowest BCUT2D eigenvalue weighted by Crippen LogP contribution is -2.34. The molecule has 12 heavy (non-hydrogen) atoms. The number of hydrazine groups is 1. The molecule has 0 atom stereocenters. The number of rotatable bonds is 3. The van der Waals surface area contributed by atoms with E-state index in [-0.39, 0.29) is 0 Å². The number of hydrogen-bond donors (Lipinski definition) is 1. The Balaban J connectivity index is 2.34. The highest BCUT2D eigenvalue weighted by Gasteiger charge is 2.15. The SMILES string of the molecule is CN(CCC#N)N1CSC(N)=N1. The summed E-state index contributed by atoms with van der Waals surface area (Å²) in [4.78, 5) is 0. The molecule has 0 amide bonds. The largest absolute Gasteiger partial charge is 0.377 e. The predicted molar refractivity (Wildman–Crippen MR) is 48.8 cm³/mol. The van der Waals surface area contributed by atoms with Crippen molar-refractivity contribution in [2.45, 2.75) is 6.42 Å². The second kappa shape index (κ2) is 4.18. The van der Waals surface area contributed by atoms with E-state index in [2.05, 4.69) is 11.2 Å². The van der Waals surface area contributed by atoms with E-state index in [1.165, 1.54) is 11.8 Å². The number of hydrazone groups is 1. The standard InChI is InChI=1S/C6H11N5S/c1-10(4-2-3-7)11-5-12-6(8)9-11/h2,4-5H2,1H3,(H2,8,9). The molecule has 0 aliphatic carbocycles. The maximum absolute atomic E-state index is 8.35. The van der Waals surface area contributed by atoms with Crippen LogP contribution in [-0.2, 0) is 0 Å². The second-order valence-electron chi connectivity index (χ2n) is 2.37. The first-order valence-electron chi connectivity index (χ1n) is 3.56. The van der Waals surface area contributed by atoms with Gasteiger partial charge in [-0.05, 0) is 0 Å². The van der Waals surface area contributed by atoms with Crippen molar-refractivity contribution in [2.24, 2.45) is 10.8 Å². The molecular formula is C6H11N5S. The van der Waals surface area contributed by atoms with Gasteiger partial charge < -0.3 is 5.73 Å². The van der Waals surface area contributed by atoms with E-state index >= 15 is 0 Å². The summed E-state index contributed by atoms with van der Waals surface area (Å²) in [6, 6.07) is 2.08. The number of hydrogen-bond acceptors (Lipinski definition) is 6. The van der Waals surface area contributed by atoms with Crippen LogP contribution in [-0.4, -0.2) is 34.8 Å². The maximum Gasteiger partial charge on any atom is 0.181 e. The van der Waals surface area contributed by atoms with E-state index in [1.807, 2.05) is 12.1 Å². The van der Waals surface area contributed by atoms with E-state index in [0.717, 1.165) is 5.88 Å². The van der Waals surface area contributed by atoms with Gasteiger partial charge in [0.05, 0.1) is 6.07 Å². The van der Waals surface area contributed by atoms with E-state index in [9.17, 15) is 0 Å². The second-order valence-corrected chi connectivity index (χ2v) is 3.34. The Morgan fingerprint density at radius 1 is 1.92 bits per heavy atom. The summed E-state index contributed by atoms with van der Waals surface area (Å²) in [6.07, 6.45) is 0.507. The van der Waals surface area contributed by atoms with Crippen molar-refractivity contribution >= 4 is 16.9 Å². The van der Waals surface area contributed by atoms with Crippen molar-refractivity contribution in [3.8, 4) is 6.07 Å². The molecule has 5 nitrogen and oxygen atoms in total. The summed E-state index contributed by atoms with van der Waals surface area (Å²) in [7, 11) is 1.89. The van der Waals surface area contributed by atoms with Crippen molar-refractivity contribution in [2.75, 3.05) is 19.5 Å². The van der Waals surface area contributed by atoms with E-state index in [0.29, 0.717) is 18.1 Å². The minimum Gasteiger partial charge on any atom is -0.377 e. The van der Waals surface area contributed by atoms with Gasteiger partial charge in [0.1, 0.15) is 5.88 Å². The smallest absolute Gasteiger partial charge is 0.181 e. The van der Waals surface area contributed by atoms with Gasteiger partial charge in [-0.3, -0.25) is 0 Å². The first-order valence-corrected chi connectivity index (χ1v) is 4.55. The van der Waals surface area contributed by atoms with Crippen LogP contribution < -0.4 is 5.73 Å². The Morgan fingerprint density at radius 2 is 2.67 bits per heavy atom. The van der Waals surface area contributed by atoms with Gasteiger partial charge >= 0.3 is 0 Å². The van der Waals surface area contributed by atoms with Gasteiger partial charge in [0, 0.05) is 20.0 Å². The molecule has 6 heteroatoms. The fraction of sp³-hybridized carbons (Fsp3) is 0.667. The molecule has 1 heterocycles. The van der Waals surface area contributed by atoms with Gasteiger partial charge in [0.25, 0.3) is 0 Å². The Morgan fingerprint density at radius 3 is 3.17 bits per heavy atom. The summed E-state index contributed by atoms with van der Waals surface area (Å²) in [6.45, 7) is 0.688. The minimum atomic E-state index is 0.507. The molecule has 0 saturated heterocycles. The van der Waals surface area contributed by atoms with Gasteiger partial charge in [-0.2, -0.15) is 5.26 Å². The summed E-state index contributed by atoms with van der Waals surface area (Å²) in [5.41, 5.74) is 5.47. The zero-order chi connectivity index (χ0) is 8.97. The van der Waals surface area contributed by atoms with Crippen molar-refractivity contribution in [1.82, 2.24) is 10.1 Å². The third-order valence-electron chi connectivity index (χ3n) is 1.48. The maximum atomic E-state index is 8.35. The fourth-order valence-electron chi connectivity index (χ4n) is 0.798. The number of nitrogens with two attached hydrogens (primary N) is 1. The van der Waals surface area contributed by atoms with Gasteiger partial charge in [0.2, 0.25) is 0 Å². The summed E-state index contributed by atoms with van der Waals surface area (Å²) in [5.74, 6) is 0.744. The Labute approximate surface area is 75.8 Å². The first kappa shape index (κ1) is 9.16. The average Bonchev–Trinajstić information content (AvgIpc) is 2.47. The van der Waals surface area contributed by atoms with Crippen molar-refractivity contribution in [3.05, 3.63) is 0 Å². The molecule has 0 spiro atoms. The van der Waals surface area contributed by atoms with Gasteiger partial charge in [-0.15, -0.1) is 5.10 Å². The lowest BCUT2D eigenvalue weighted by Gasteiger charge is -2.23. The van der Waals surface area contributed by atoms with Gasteiger partial charge in [0.15, 0.2) is 5.17 Å². The van der Waals surface area contributed by atoms with Crippen LogP contribution in [0, 0.1) is 11.3 Å². The molecule has 0 aromatic carbocycles. The Bertz CT molecular complexity index is 220. The number of amidine groups is 1. The van der Waals surface area contributed by atoms with Crippen LogP contribution in [0.3, 0.4) is 0 Å². The fourth-order valence-corrected chi connectivity index (χ4v) is 1.45. The van der Waals surface area contributed by atoms with E-state index < -0.39 is 0 Å². The minimum absolute atomic E-state index is 0.507. The number of nitrogens with zero attached hydrogens (tertiary/aromatic N) is 4. The summed E-state index contributed by atoms with van der Waals surface area (Å²) < 4.78 is 0. The lowest BCUT2D eigenvalue weighted by molar-refractivity contribution is 0.0283. The van der Waals surface area contributed by atoms with E-state index in [1.54, 1.807) is 5.12 Å². The highest BCUT2D eigenvalue weighted by Crippen LogP contribution is 2.14. The van der Waals surface area contributed by atoms with Crippen LogP contribution in [0.1, 0.15) is 6.42 Å². The van der Waals surface area contributed by atoms with Crippen LogP contribution in [0.5, 0.6) is 0 Å². The highest BCUT2D eigenvalue weighted by atomic mass is 32.2. The van der Waals surface area contributed by atoms with Crippen molar-refractivity contribution < 1.29 is 0 Å². The third-order valence-corrected chi connectivity index (χ3v) is 2.22. The summed E-state index contributed by atoms with van der Waals surface area (Å²) >= 11 is 1.50. The molecule has 1 aliphatic rings. The molecule has 66 valence electrons. The summed E-state index contributed by atoms with van der Waals surface area (Å²) in [5, 5.41) is 16.6. The molecule has 0 aromatic heterocycles. The number of thioether (sulfide) groups is 1. The van der Waals surface area contributed by atoms with Gasteiger partial charge in [-0.1, -0.05) is 11.8 Å². The topological polar surface area (TPSA) is 68.7 Å². The Hall–Kier alpha value is -0.930. The van der Waals surface area contributed by atoms with Crippen LogP contribution in [0.25, 0.3) is 0 Å². The Kier molecular flexibility index (Phi) is 3.19. The lowest BCUT2D eigenvalue weighted by atomic mass is 10.5. The average molecular weight is 185 g/mol. The van der Waals surface area contributed by atoms with Crippen LogP contribution >= 0.6 is 11.8 Å². The van der Waals surface area contributed by atoms with Crippen LogP contribution in [0.4, 0.5) is 0 Å². The molecular weight excluding hydrogens is 174 g/mol. The molecule has 0 bridgehead atoms. The number of nitriles is 1. The van der Waals surface area contributed by atoms with Crippen molar-refractivity contribution in [3.63, 3.8) is 0 Å². The molecule has 0 radical (unpaired) electrons. The quantitative estimate of drug-likeness (QED) is 0.669. The predicted octanol–water partition coefficient (Wildman–Crippen LogP) is -0.0171. The molecule has 2 N–H and O–H groups in total. The third kappa shape index (κ3) is 2.29. The first-order chi connectivity index (χ1) is 5.74. The molecule has 1 aliphatic heterocycles. The van der Waals surface area contributed by atoms with E-state index in [4.69, 9.17) is 11.0 Å². The molecule has 0 saturated carbocycles. The monoisotopic (exact) mass is 185 g/mol. The zero-order valence-electron chi connectivity index (χ0n) is 6.90. The molecule has 0 fully saturated rings. The molecule has 0 aromatic rings. The molecule has 0 unspecified atom stereocenters.